The smallest absolute Gasteiger partial charge is 0.301 e. The summed E-state index contributed by atoms with van der Waals surface area (Å²) in [7, 11) is 0. The fourth-order valence-electron chi connectivity index (χ4n) is 3.98. The summed E-state index contributed by atoms with van der Waals surface area (Å²) in [6.45, 7) is 6.70. The molecule has 0 radical (unpaired) electrons. The molecule has 2 aromatic rings. The van der Waals surface area contributed by atoms with E-state index in [2.05, 4.69) is 11.8 Å². The Kier molecular flexibility index (Phi) is 5.48. The summed E-state index contributed by atoms with van der Waals surface area (Å²) in [5.41, 5.74) is 2.02. The largest absolute Gasteiger partial charge is 0.502 e. The van der Waals surface area contributed by atoms with Crippen LogP contribution in [0.2, 0.25) is 0 Å². The van der Waals surface area contributed by atoms with Crippen molar-refractivity contribution >= 4 is 28.8 Å². The summed E-state index contributed by atoms with van der Waals surface area (Å²) in [5, 5.41) is 10.4. The van der Waals surface area contributed by atoms with Gasteiger partial charge in [0, 0.05) is 18.8 Å². The lowest BCUT2D eigenvalue weighted by Gasteiger charge is -2.32. The van der Waals surface area contributed by atoms with Gasteiger partial charge >= 0.3 is 5.91 Å². The first-order valence-electron chi connectivity index (χ1n) is 10.4. The molecular weight excluding hydrogens is 380 g/mol. The van der Waals surface area contributed by atoms with Gasteiger partial charge in [-0.3, -0.25) is 9.59 Å². The lowest BCUT2D eigenvalue weighted by atomic mass is 9.99. The molecule has 0 unspecified atom stereocenters. The quantitative estimate of drug-likeness (QED) is 0.755. The molecule has 4 rings (SSSR count). The van der Waals surface area contributed by atoms with Gasteiger partial charge in [-0.25, -0.2) is 4.90 Å². The zero-order valence-corrected chi connectivity index (χ0v) is 17.3. The van der Waals surface area contributed by atoms with Crippen LogP contribution in [0.1, 0.15) is 32.3 Å². The molecule has 1 saturated heterocycles. The van der Waals surface area contributed by atoms with Gasteiger partial charge in [-0.05, 0) is 67.6 Å². The molecule has 2 aromatic carbocycles. The maximum atomic E-state index is 13.0. The maximum Gasteiger partial charge on any atom is 0.301 e. The highest BCUT2D eigenvalue weighted by molar-refractivity contribution is 6.44. The van der Waals surface area contributed by atoms with Gasteiger partial charge in [-0.2, -0.15) is 0 Å². The van der Waals surface area contributed by atoms with E-state index in [1.807, 2.05) is 19.1 Å². The van der Waals surface area contributed by atoms with E-state index >= 15 is 0 Å². The van der Waals surface area contributed by atoms with E-state index in [4.69, 9.17) is 4.74 Å². The lowest BCUT2D eigenvalue weighted by molar-refractivity contribution is -0.121. The summed E-state index contributed by atoms with van der Waals surface area (Å²) in [4.78, 5) is 29.0. The van der Waals surface area contributed by atoms with Crippen LogP contribution in [0.3, 0.4) is 0 Å². The Hall–Kier alpha value is -3.28. The van der Waals surface area contributed by atoms with E-state index in [1.54, 1.807) is 36.4 Å². The Morgan fingerprint density at radius 2 is 1.53 bits per heavy atom. The zero-order valence-electron chi connectivity index (χ0n) is 17.3. The number of piperidine rings is 1. The summed E-state index contributed by atoms with van der Waals surface area (Å²) >= 11 is 0. The van der Waals surface area contributed by atoms with Crippen LogP contribution in [0.4, 0.5) is 11.4 Å². The van der Waals surface area contributed by atoms with Gasteiger partial charge < -0.3 is 14.7 Å². The molecule has 1 fully saturated rings. The average molecular weight is 406 g/mol. The molecule has 2 amide bonds. The van der Waals surface area contributed by atoms with Crippen LogP contribution in [0, 0.1) is 5.92 Å². The second-order valence-electron chi connectivity index (χ2n) is 7.81. The Morgan fingerprint density at radius 1 is 0.933 bits per heavy atom. The van der Waals surface area contributed by atoms with Crippen molar-refractivity contribution in [3.8, 4) is 5.75 Å². The highest BCUT2D eigenvalue weighted by Crippen LogP contribution is 2.33. The predicted octanol–water partition coefficient (Wildman–Crippen LogP) is 4.16. The molecule has 6 heteroatoms. The minimum absolute atomic E-state index is 0.0112. The molecule has 2 heterocycles. The number of anilines is 2. The number of imide groups is 1. The van der Waals surface area contributed by atoms with Gasteiger partial charge in [0.2, 0.25) is 0 Å². The molecule has 0 bridgehead atoms. The molecule has 0 aliphatic carbocycles. The van der Waals surface area contributed by atoms with Gasteiger partial charge in [0.05, 0.1) is 17.9 Å². The molecule has 0 aromatic heterocycles. The Balaban J connectivity index is 1.54. The number of aliphatic hydroxyl groups is 1. The van der Waals surface area contributed by atoms with Crippen molar-refractivity contribution in [2.75, 3.05) is 29.5 Å². The topological polar surface area (TPSA) is 70.1 Å². The van der Waals surface area contributed by atoms with Crippen molar-refractivity contribution in [2.45, 2.75) is 26.7 Å². The van der Waals surface area contributed by atoms with Crippen LogP contribution in [-0.2, 0) is 9.59 Å². The van der Waals surface area contributed by atoms with Crippen LogP contribution >= 0.6 is 0 Å². The Bertz CT molecular complexity index is 971. The van der Waals surface area contributed by atoms with Crippen molar-refractivity contribution in [1.82, 2.24) is 0 Å². The number of carbonyl (C=O) groups excluding carboxylic acids is 2. The van der Waals surface area contributed by atoms with Crippen LogP contribution in [0.25, 0.3) is 5.57 Å². The first-order chi connectivity index (χ1) is 14.5. The van der Waals surface area contributed by atoms with Crippen molar-refractivity contribution in [3.63, 3.8) is 0 Å². The molecular formula is C24H26N2O4. The fourth-order valence-corrected chi connectivity index (χ4v) is 3.98. The first kappa shape index (κ1) is 20.0. The zero-order chi connectivity index (χ0) is 21.3. The third kappa shape index (κ3) is 3.65. The second kappa shape index (κ2) is 8.22. The predicted molar refractivity (Wildman–Crippen MR) is 117 cm³/mol. The molecule has 6 nitrogen and oxygen atoms in total. The molecule has 2 aliphatic heterocycles. The summed E-state index contributed by atoms with van der Waals surface area (Å²) in [5.74, 6) is -0.351. The summed E-state index contributed by atoms with van der Waals surface area (Å²) in [6, 6.07) is 14.2. The monoisotopic (exact) mass is 406 g/mol. The van der Waals surface area contributed by atoms with Gasteiger partial charge in [-0.15, -0.1) is 0 Å². The number of nitrogens with zero attached hydrogens (tertiary/aromatic N) is 2. The van der Waals surface area contributed by atoms with Gasteiger partial charge in [0.1, 0.15) is 5.75 Å². The Morgan fingerprint density at radius 3 is 2.13 bits per heavy atom. The Labute approximate surface area is 176 Å². The van der Waals surface area contributed by atoms with Crippen molar-refractivity contribution in [1.29, 1.82) is 0 Å². The molecule has 1 N–H and O–H groups in total. The van der Waals surface area contributed by atoms with Crippen LogP contribution in [0.15, 0.2) is 54.3 Å². The minimum atomic E-state index is -0.705. The number of benzene rings is 2. The summed E-state index contributed by atoms with van der Waals surface area (Å²) < 4.78 is 5.41. The van der Waals surface area contributed by atoms with Crippen LogP contribution in [0.5, 0.6) is 5.75 Å². The number of amides is 2. The number of carbonyl (C=O) groups is 2. The molecule has 156 valence electrons. The first-order valence-corrected chi connectivity index (χ1v) is 10.4. The third-order valence-corrected chi connectivity index (χ3v) is 5.77. The van der Waals surface area contributed by atoms with Crippen molar-refractivity contribution in [3.05, 3.63) is 59.9 Å². The van der Waals surface area contributed by atoms with Crippen LogP contribution < -0.4 is 14.5 Å². The van der Waals surface area contributed by atoms with Crippen LogP contribution in [-0.4, -0.2) is 36.6 Å². The van der Waals surface area contributed by atoms with E-state index in [9.17, 15) is 14.7 Å². The van der Waals surface area contributed by atoms with Gasteiger partial charge in [0.25, 0.3) is 5.91 Å². The third-order valence-electron chi connectivity index (χ3n) is 5.77. The number of rotatable bonds is 5. The highest BCUT2D eigenvalue weighted by Gasteiger charge is 2.40. The molecule has 0 spiro atoms. The average Bonchev–Trinajstić information content (AvgIpc) is 2.98. The van der Waals surface area contributed by atoms with E-state index in [-0.39, 0.29) is 5.57 Å². The molecule has 2 aliphatic rings. The highest BCUT2D eigenvalue weighted by atomic mass is 16.5. The van der Waals surface area contributed by atoms with Crippen molar-refractivity contribution in [2.24, 2.45) is 5.92 Å². The SMILES string of the molecule is CCOc1ccc(C2=C(O)C(=O)N(c3ccc(N4CCC(C)CC4)cc3)C2=O)cc1. The number of hydrogen-bond acceptors (Lipinski definition) is 5. The van der Waals surface area contributed by atoms with Gasteiger partial charge in [-0.1, -0.05) is 19.1 Å². The number of hydrogen-bond donors (Lipinski definition) is 1. The lowest BCUT2D eigenvalue weighted by Crippen LogP contribution is -2.33. The van der Waals surface area contributed by atoms with E-state index in [1.165, 1.54) is 0 Å². The molecule has 0 atom stereocenters. The van der Waals surface area contributed by atoms with Crippen molar-refractivity contribution < 1.29 is 19.4 Å². The van der Waals surface area contributed by atoms with E-state index in [0.29, 0.717) is 23.6 Å². The molecule has 30 heavy (non-hydrogen) atoms. The second-order valence-corrected chi connectivity index (χ2v) is 7.81. The van der Waals surface area contributed by atoms with Gasteiger partial charge in [0.15, 0.2) is 5.76 Å². The summed E-state index contributed by atoms with van der Waals surface area (Å²) in [6.07, 6.45) is 2.32. The standard InChI is InChI=1S/C24H26N2O4/c1-3-30-20-10-4-17(5-11-20)21-22(27)24(29)26(23(21)28)19-8-6-18(7-9-19)25-14-12-16(2)13-15-25/h4-11,16,27H,3,12-15H2,1-2H3. The normalized spacial score (nSPS) is 17.8. The number of ether oxygens (including phenoxy) is 1. The van der Waals surface area contributed by atoms with E-state index < -0.39 is 17.6 Å². The maximum absolute atomic E-state index is 13.0. The fraction of sp³-hybridized carbons (Fsp3) is 0.333. The molecule has 0 saturated carbocycles. The minimum Gasteiger partial charge on any atom is -0.502 e. The van der Waals surface area contributed by atoms with E-state index in [0.717, 1.165) is 42.4 Å². The number of aliphatic hydroxyl groups excluding tert-OH is 1.